The second-order valence-electron chi connectivity index (χ2n) is 6.36. The number of carbonyl (C=O) groups excluding carboxylic acids is 3. The summed E-state index contributed by atoms with van der Waals surface area (Å²) in [5, 5.41) is 12.6. The number of hydrogen-bond donors (Lipinski definition) is 1. The van der Waals surface area contributed by atoms with E-state index in [9.17, 15) is 19.2 Å². The lowest BCUT2D eigenvalue weighted by Gasteiger charge is -2.21. The van der Waals surface area contributed by atoms with Crippen LogP contribution in [0.5, 0.6) is 0 Å². The van der Waals surface area contributed by atoms with E-state index >= 15 is 0 Å². The number of aliphatic carboxylic acids is 1. The molecule has 29 heavy (non-hydrogen) atoms. The van der Waals surface area contributed by atoms with Crippen LogP contribution >= 0.6 is 22.7 Å². The minimum atomic E-state index is -0.856. The third-order valence-electron chi connectivity index (χ3n) is 3.98. The smallest absolute Gasteiger partial charge is 0.313 e. The van der Waals surface area contributed by atoms with E-state index in [0.29, 0.717) is 38.8 Å². The Morgan fingerprint density at radius 1 is 0.966 bits per heavy atom. The number of hydrogen-bond acceptors (Lipinski definition) is 7. The molecule has 2 aromatic rings. The summed E-state index contributed by atoms with van der Waals surface area (Å²) in [5.74, 6) is -1.62. The lowest BCUT2D eigenvalue weighted by molar-refractivity contribution is -0.163. The van der Waals surface area contributed by atoms with Gasteiger partial charge in [0.1, 0.15) is 0 Å². The highest BCUT2D eigenvalue weighted by Crippen LogP contribution is 2.18. The summed E-state index contributed by atoms with van der Waals surface area (Å²) in [4.78, 5) is 47.4. The topological polar surface area (TPSA) is 101 Å². The van der Waals surface area contributed by atoms with Gasteiger partial charge in [-0.05, 0) is 35.7 Å². The molecule has 7 nitrogen and oxygen atoms in total. The number of thiophene rings is 2. The van der Waals surface area contributed by atoms with Crippen molar-refractivity contribution in [3.8, 4) is 0 Å². The Balaban J connectivity index is 0.000000313. The molecule has 0 unspecified atom stereocenters. The van der Waals surface area contributed by atoms with Gasteiger partial charge in [0.25, 0.3) is 0 Å². The van der Waals surface area contributed by atoms with E-state index in [0.717, 1.165) is 9.75 Å². The summed E-state index contributed by atoms with van der Waals surface area (Å²) in [6, 6.07) is 7.96. The molecule has 9 heteroatoms. The molecule has 0 aromatic carbocycles. The van der Waals surface area contributed by atoms with Crippen LogP contribution in [-0.4, -0.2) is 33.8 Å². The number of carbonyl (C=O) groups is 4. The molecule has 1 N–H and O–H groups in total. The molecule has 0 bridgehead atoms. The van der Waals surface area contributed by atoms with Gasteiger partial charge < -0.3 is 14.7 Å². The van der Waals surface area contributed by atoms with Gasteiger partial charge in [0.05, 0.1) is 13.1 Å². The zero-order valence-electron chi connectivity index (χ0n) is 15.9. The molecule has 1 saturated heterocycles. The minimum absolute atomic E-state index is 0.0121. The van der Waals surface area contributed by atoms with Gasteiger partial charge in [-0.25, -0.2) is 0 Å². The summed E-state index contributed by atoms with van der Waals surface area (Å²) in [5.41, 5.74) is 0. The first-order valence-electron chi connectivity index (χ1n) is 9.22. The molecule has 0 saturated carbocycles. The maximum atomic E-state index is 12.3. The average molecular weight is 438 g/mol. The monoisotopic (exact) mass is 437 g/mol. The van der Waals surface area contributed by atoms with Crippen molar-refractivity contribution in [1.82, 2.24) is 4.90 Å². The van der Waals surface area contributed by atoms with Crippen LogP contribution in [-0.2, 0) is 37.0 Å². The van der Waals surface area contributed by atoms with Gasteiger partial charge in [0.2, 0.25) is 5.91 Å². The lowest BCUT2D eigenvalue weighted by Crippen LogP contribution is -2.29. The van der Waals surface area contributed by atoms with Crippen molar-refractivity contribution in [2.24, 2.45) is 0 Å². The molecule has 0 atom stereocenters. The predicted octanol–water partition coefficient (Wildman–Crippen LogP) is 3.83. The van der Waals surface area contributed by atoms with E-state index in [-0.39, 0.29) is 30.7 Å². The van der Waals surface area contributed by atoms with Crippen molar-refractivity contribution in [3.05, 3.63) is 44.8 Å². The highest BCUT2D eigenvalue weighted by molar-refractivity contribution is 7.10. The van der Waals surface area contributed by atoms with Crippen LogP contribution in [0.3, 0.4) is 0 Å². The van der Waals surface area contributed by atoms with Crippen LogP contribution in [0, 0.1) is 0 Å². The first-order chi connectivity index (χ1) is 13.9. The van der Waals surface area contributed by atoms with Gasteiger partial charge in [-0.1, -0.05) is 12.1 Å². The number of carboxylic acids is 1. The SMILES string of the molecule is O=C(O)CCCC(=O)N(Cc1cccs1)Cc1cccs1.O=C1CCCC(=O)O1. The number of rotatable bonds is 8. The second-order valence-corrected chi connectivity index (χ2v) is 8.42. The second kappa shape index (κ2) is 12.1. The molecule has 1 aliphatic rings. The van der Waals surface area contributed by atoms with Crippen molar-refractivity contribution in [3.63, 3.8) is 0 Å². The van der Waals surface area contributed by atoms with E-state index in [1.165, 1.54) is 0 Å². The first kappa shape index (κ1) is 22.8. The Bertz CT molecular complexity index is 751. The maximum Gasteiger partial charge on any atom is 0.313 e. The van der Waals surface area contributed by atoms with Crippen LogP contribution in [0.15, 0.2) is 35.0 Å². The number of cyclic esters (lactones) is 2. The molecule has 0 aliphatic carbocycles. The van der Waals surface area contributed by atoms with Crippen LogP contribution in [0.1, 0.15) is 48.3 Å². The summed E-state index contributed by atoms with van der Waals surface area (Å²) >= 11 is 3.25. The molecule has 2 aromatic heterocycles. The Morgan fingerprint density at radius 3 is 1.90 bits per heavy atom. The first-order valence-corrected chi connectivity index (χ1v) is 11.0. The van der Waals surface area contributed by atoms with Gasteiger partial charge in [0, 0.05) is 35.4 Å². The van der Waals surface area contributed by atoms with Crippen LogP contribution < -0.4 is 0 Å². The number of amides is 1. The molecular formula is C20H23NO6S2. The zero-order valence-corrected chi connectivity index (χ0v) is 17.5. The fraction of sp³-hybridized carbons (Fsp3) is 0.400. The van der Waals surface area contributed by atoms with Crippen LogP contribution in [0.25, 0.3) is 0 Å². The zero-order chi connectivity index (χ0) is 21.1. The largest absolute Gasteiger partial charge is 0.481 e. The Labute approximate surface area is 176 Å². The fourth-order valence-electron chi connectivity index (χ4n) is 2.57. The molecule has 3 heterocycles. The molecule has 1 aliphatic heterocycles. The molecule has 0 spiro atoms. The van der Waals surface area contributed by atoms with E-state index < -0.39 is 5.97 Å². The van der Waals surface area contributed by atoms with E-state index in [1.54, 1.807) is 27.6 Å². The van der Waals surface area contributed by atoms with Crippen LogP contribution in [0.4, 0.5) is 0 Å². The highest BCUT2D eigenvalue weighted by Gasteiger charge is 2.16. The third-order valence-corrected chi connectivity index (χ3v) is 5.70. The van der Waals surface area contributed by atoms with Gasteiger partial charge in [-0.3, -0.25) is 19.2 Å². The predicted molar refractivity (Wildman–Crippen MR) is 109 cm³/mol. The molecule has 1 fully saturated rings. The van der Waals surface area contributed by atoms with Gasteiger partial charge in [-0.2, -0.15) is 0 Å². The van der Waals surface area contributed by atoms with Crippen molar-refractivity contribution < 1.29 is 29.0 Å². The summed E-state index contributed by atoms with van der Waals surface area (Å²) in [6.07, 6.45) is 2.15. The Morgan fingerprint density at radius 2 is 1.52 bits per heavy atom. The van der Waals surface area contributed by atoms with E-state index in [4.69, 9.17) is 5.11 Å². The Hall–Kier alpha value is -2.52. The quantitative estimate of drug-likeness (QED) is 0.497. The van der Waals surface area contributed by atoms with Crippen molar-refractivity contribution in [1.29, 1.82) is 0 Å². The van der Waals surface area contributed by atoms with Crippen molar-refractivity contribution >= 4 is 46.5 Å². The van der Waals surface area contributed by atoms with E-state index in [1.807, 2.05) is 35.0 Å². The summed E-state index contributed by atoms with van der Waals surface area (Å²) in [6.45, 7) is 1.17. The number of carboxylic acid groups (broad SMARTS) is 1. The lowest BCUT2D eigenvalue weighted by atomic mass is 10.2. The molecule has 1 amide bonds. The highest BCUT2D eigenvalue weighted by atomic mass is 32.1. The molecule has 3 rings (SSSR count). The minimum Gasteiger partial charge on any atom is -0.481 e. The van der Waals surface area contributed by atoms with Crippen molar-refractivity contribution in [2.75, 3.05) is 0 Å². The molecule has 156 valence electrons. The summed E-state index contributed by atoms with van der Waals surface area (Å²) < 4.78 is 4.21. The van der Waals surface area contributed by atoms with E-state index in [2.05, 4.69) is 4.74 Å². The number of nitrogens with zero attached hydrogens (tertiary/aromatic N) is 1. The van der Waals surface area contributed by atoms with Gasteiger partial charge in [0.15, 0.2) is 0 Å². The van der Waals surface area contributed by atoms with Crippen LogP contribution in [0.2, 0.25) is 0 Å². The number of ether oxygens (including phenoxy) is 1. The molecule has 0 radical (unpaired) electrons. The average Bonchev–Trinajstić information content (AvgIpc) is 3.35. The maximum absolute atomic E-state index is 12.3. The van der Waals surface area contributed by atoms with Gasteiger partial charge in [-0.15, -0.1) is 22.7 Å². The number of esters is 2. The third kappa shape index (κ3) is 9.01. The fourth-order valence-corrected chi connectivity index (χ4v) is 4.01. The summed E-state index contributed by atoms with van der Waals surface area (Å²) in [7, 11) is 0. The molecular weight excluding hydrogens is 414 g/mol. The normalized spacial score (nSPS) is 13.2. The Kier molecular flexibility index (Phi) is 9.52. The standard InChI is InChI=1S/C15H17NO3S2.C5H6O3/c17-14(6-1-7-15(18)19)16(10-12-4-2-8-20-12)11-13-5-3-9-21-13;6-4-2-1-3-5(7)8-4/h2-5,8-9H,1,6-7,10-11H2,(H,18,19);1-3H2. The van der Waals surface area contributed by atoms with Gasteiger partial charge >= 0.3 is 17.9 Å². The van der Waals surface area contributed by atoms with Crippen molar-refractivity contribution in [2.45, 2.75) is 51.6 Å².